The van der Waals surface area contributed by atoms with Crippen LogP contribution in [0.25, 0.3) is 66.1 Å². The summed E-state index contributed by atoms with van der Waals surface area (Å²) in [7, 11) is 1.69. The molecule has 12 aromatic carbocycles. The van der Waals surface area contributed by atoms with Crippen molar-refractivity contribution >= 4 is 71.6 Å². The minimum absolute atomic E-state index is 0.0130. The Morgan fingerprint density at radius 1 is 0.378 bits per heavy atom. The Hall–Kier alpha value is -13.6. The molecule has 18 nitrogen and oxygen atoms in total. The first-order valence-electron chi connectivity index (χ1n) is 45.8. The van der Waals surface area contributed by atoms with Crippen molar-refractivity contribution in [3.63, 3.8) is 0 Å². The van der Waals surface area contributed by atoms with Gasteiger partial charge in [-0.3, -0.25) is 24.2 Å². The zero-order chi connectivity index (χ0) is 94.0. The molecular formula is C110H107F6N9O9S. The predicted molar refractivity (Wildman–Crippen MR) is 521 cm³/mol. The van der Waals surface area contributed by atoms with Crippen LogP contribution in [0.15, 0.2) is 291 Å². The maximum absolute atomic E-state index is 14.6. The van der Waals surface area contributed by atoms with Gasteiger partial charge >= 0.3 is 15.6 Å². The van der Waals surface area contributed by atoms with Gasteiger partial charge < -0.3 is 53.3 Å². The fraction of sp³-hybridized carbons (Fsp3) is 0.264. The number of anilines is 2. The van der Waals surface area contributed by atoms with Gasteiger partial charge in [0.2, 0.25) is 0 Å². The van der Waals surface area contributed by atoms with E-state index in [1.165, 1.54) is 131 Å². The van der Waals surface area contributed by atoms with E-state index < -0.39 is 50.8 Å². The molecule has 19 rings (SSSR count). The van der Waals surface area contributed by atoms with Gasteiger partial charge in [-0.05, 0) is 261 Å². The number of Topliss-reactive ketones (excluding diaryl/α,β-unsaturated/α-hetero) is 3. The number of likely N-dealkylation sites (tertiary alicyclic amines) is 2. The number of aromatic hydroxyl groups is 1. The number of hydrogen-bond acceptors (Lipinski definition) is 15. The molecule has 4 saturated heterocycles. The second-order valence-electron chi connectivity index (χ2n) is 35.4. The Bertz CT molecular complexity index is 6720. The molecule has 0 spiro atoms. The van der Waals surface area contributed by atoms with Gasteiger partial charge in [-0.15, -0.1) is 0 Å². The lowest BCUT2D eigenvalue weighted by molar-refractivity contribution is -0.0500. The van der Waals surface area contributed by atoms with E-state index in [0.717, 1.165) is 137 Å². The van der Waals surface area contributed by atoms with E-state index in [0.29, 0.717) is 67.7 Å². The van der Waals surface area contributed by atoms with E-state index in [4.69, 9.17) is 9.47 Å². The van der Waals surface area contributed by atoms with Crippen LogP contribution in [-0.4, -0.2) is 190 Å². The number of carbonyl (C=O) groups excluding carboxylic acids is 3. The SMILES string of the molecule is CN1CCC(N2CCN(c3ccc(-c4cccc(C(=O)C[C@@H](c5cc6ccccc6[nH]5)c5cc(F)ccc5O)c4)cc3)CC2)CC1.COc1ccc(F)cc1[C@@H](CC(=O)c1cccc(-c2ccc(N3CCN(C4CCN(C)CC4)CC3)cc2)c1)c1cc2ccccc2[nH]1.COc1ccc(F)cc1[C@@H](CC(=O)c1cccc(-c2ccc(OS(=O)(=O)C(F)(F)F)cc2)c1)c1cc2ccccc2[nH]1. The van der Waals surface area contributed by atoms with Crippen molar-refractivity contribution in [2.45, 2.75) is 80.3 Å². The molecule has 0 aliphatic carbocycles. The van der Waals surface area contributed by atoms with Gasteiger partial charge in [-0.1, -0.05) is 146 Å². The van der Waals surface area contributed by atoms with Crippen molar-refractivity contribution in [1.82, 2.24) is 34.6 Å². The van der Waals surface area contributed by atoms with Gasteiger partial charge in [-0.2, -0.15) is 21.6 Å². The minimum Gasteiger partial charge on any atom is -0.508 e. The van der Waals surface area contributed by atoms with Crippen LogP contribution >= 0.6 is 0 Å². The summed E-state index contributed by atoms with van der Waals surface area (Å²) in [5.74, 6) is -2.72. The zero-order valence-electron chi connectivity index (χ0n) is 75.6. The summed E-state index contributed by atoms with van der Waals surface area (Å²) < 4.78 is 119. The highest BCUT2D eigenvalue weighted by Crippen LogP contribution is 2.43. The van der Waals surface area contributed by atoms with Crippen LogP contribution in [0.1, 0.15) is 128 Å². The number of phenolic OH excluding ortho intramolecular Hbond substituents is 1. The average Bonchev–Trinajstić information content (AvgIpc) is 1.67. The minimum atomic E-state index is -5.80. The smallest absolute Gasteiger partial charge is 0.508 e. The summed E-state index contributed by atoms with van der Waals surface area (Å²) in [6, 6.07) is 87.9. The third-order valence-corrected chi connectivity index (χ3v) is 27.8. The molecule has 4 aliphatic rings. The number of H-pyrrole nitrogens is 3. The number of nitrogens with zero attached hydrogens (tertiary/aromatic N) is 6. The Balaban J connectivity index is 0.000000141. The Labute approximate surface area is 781 Å². The molecule has 0 radical (unpaired) electrons. The molecule has 0 unspecified atom stereocenters. The molecule has 7 heterocycles. The van der Waals surface area contributed by atoms with E-state index >= 15 is 0 Å². The topological polar surface area (TPSA) is 200 Å². The number of para-hydroxylation sites is 3. The summed E-state index contributed by atoms with van der Waals surface area (Å²) >= 11 is 0. The number of ether oxygens (including phenoxy) is 2. The number of alkyl halides is 3. The zero-order valence-corrected chi connectivity index (χ0v) is 76.4. The number of rotatable bonds is 26. The molecule has 0 bridgehead atoms. The van der Waals surface area contributed by atoms with Crippen molar-refractivity contribution < 1.29 is 67.9 Å². The molecule has 25 heteroatoms. The quantitative estimate of drug-likeness (QED) is 0.0173. The van der Waals surface area contributed by atoms with Crippen molar-refractivity contribution in [3.05, 3.63) is 359 Å². The van der Waals surface area contributed by atoms with E-state index in [9.17, 15) is 54.3 Å². The summed E-state index contributed by atoms with van der Waals surface area (Å²) in [6.07, 6.45) is 5.30. The molecule has 3 atom stereocenters. The number of methoxy groups -OCH3 is 2. The average molecular weight is 1850 g/mol. The lowest BCUT2D eigenvalue weighted by atomic mass is 9.87. The third-order valence-electron chi connectivity index (χ3n) is 26.8. The summed E-state index contributed by atoms with van der Waals surface area (Å²) in [5, 5.41) is 13.7. The summed E-state index contributed by atoms with van der Waals surface area (Å²) in [5.41, 5.74) is 10.3. The number of halogens is 6. The van der Waals surface area contributed by atoms with Crippen LogP contribution in [-0.2, 0) is 10.1 Å². The lowest BCUT2D eigenvalue weighted by Gasteiger charge is -2.42. The largest absolute Gasteiger partial charge is 0.534 e. The monoisotopic (exact) mass is 1840 g/mol. The van der Waals surface area contributed by atoms with Gasteiger partial charge in [0, 0.05) is 180 Å². The number of hydrogen-bond donors (Lipinski definition) is 4. The van der Waals surface area contributed by atoms with Crippen LogP contribution in [0.4, 0.5) is 37.7 Å². The lowest BCUT2D eigenvalue weighted by Crippen LogP contribution is -2.53. The number of carbonyl (C=O) groups is 3. The van der Waals surface area contributed by atoms with Crippen molar-refractivity contribution in [2.75, 3.05) is 117 Å². The highest BCUT2D eigenvalue weighted by Gasteiger charge is 2.49. The normalized spacial score (nSPS) is 15.9. The second-order valence-corrected chi connectivity index (χ2v) is 36.9. The number of aromatic amines is 3. The number of fused-ring (bicyclic) bond motifs is 3. The van der Waals surface area contributed by atoms with Crippen LogP contribution in [0.2, 0.25) is 0 Å². The highest BCUT2D eigenvalue weighted by atomic mass is 32.2. The Morgan fingerprint density at radius 3 is 1.04 bits per heavy atom. The van der Waals surface area contributed by atoms with Crippen molar-refractivity contribution in [3.8, 4) is 56.4 Å². The number of aromatic nitrogens is 3. The fourth-order valence-electron chi connectivity index (χ4n) is 19.3. The number of piperazine rings is 2. The number of phenols is 1. The molecule has 4 N–H and O–H groups in total. The van der Waals surface area contributed by atoms with Crippen LogP contribution in [0, 0.1) is 17.5 Å². The third kappa shape index (κ3) is 22.1. The van der Waals surface area contributed by atoms with Crippen LogP contribution in [0.3, 0.4) is 0 Å². The molecule has 694 valence electrons. The second kappa shape index (κ2) is 41.5. The van der Waals surface area contributed by atoms with E-state index in [1.54, 1.807) is 37.4 Å². The maximum Gasteiger partial charge on any atom is 0.534 e. The number of piperidine rings is 2. The maximum atomic E-state index is 14.6. The number of benzene rings is 12. The van der Waals surface area contributed by atoms with Gasteiger partial charge in [-0.25, -0.2) is 13.2 Å². The fourth-order valence-corrected chi connectivity index (χ4v) is 19.8. The number of nitrogens with one attached hydrogen (secondary N) is 3. The standard InChI is InChI=1S/C40H43FN4O2.C39H41FN4O2.C31H23F4NO5S/c1-43-18-16-34(17-19-43)45-22-20-44(21-23-45)33-13-10-28(11-14-33)29-7-5-8-31(24-29)39(46)27-35(36-26-32(41)12-15-40(36)47-2)38-25-30-6-3-4-9-37(30)42-38;1-42-17-15-33(16-18-42)44-21-19-43(20-22-44)32-12-9-27(10-13-32)28-6-4-7-30(23-28)39(46)26-34(35-25-31(40)11-14-38(35)45)37-24-29-5-2-3-8-36(29)41-37;1-40-30-14-11-23(32)17-26(30)25(28-16-21-5-2-3-8-27(21)36-28)18-29(37)22-7-4-6-20(15-22)19-9-12-24(13-10-19)41-42(38,39)31(33,34)35/h3-15,24-26,34-35,42H,16-23,27H2,1-2H3;2-14,23-25,33-34,41,45H,15-22,26H2,1H3;2-17,25,36H,18H2,1H3/t35-;34-;25-/m111/s1. The summed E-state index contributed by atoms with van der Waals surface area (Å²) in [4.78, 5) is 66.8. The van der Waals surface area contributed by atoms with E-state index in [1.807, 2.05) is 133 Å². The molecule has 0 amide bonds. The molecule has 3 aromatic heterocycles. The van der Waals surface area contributed by atoms with Gasteiger partial charge in [0.1, 0.15) is 40.4 Å². The van der Waals surface area contributed by atoms with Gasteiger partial charge in [0.25, 0.3) is 0 Å². The molecular weight excluding hydrogens is 1740 g/mol. The van der Waals surface area contributed by atoms with Gasteiger partial charge in [0.05, 0.1) is 14.2 Å². The van der Waals surface area contributed by atoms with Crippen molar-refractivity contribution in [1.29, 1.82) is 0 Å². The van der Waals surface area contributed by atoms with Gasteiger partial charge in [0.15, 0.2) is 17.3 Å². The Morgan fingerprint density at radius 2 is 0.704 bits per heavy atom. The molecule has 15 aromatic rings. The first-order chi connectivity index (χ1) is 65.3. The van der Waals surface area contributed by atoms with E-state index in [-0.39, 0.29) is 48.2 Å². The molecule has 0 saturated carbocycles. The van der Waals surface area contributed by atoms with Crippen LogP contribution in [0.5, 0.6) is 23.0 Å². The molecule has 135 heavy (non-hydrogen) atoms. The number of ketones is 3. The highest BCUT2D eigenvalue weighted by molar-refractivity contribution is 7.88. The summed E-state index contributed by atoms with van der Waals surface area (Å²) in [6.45, 7) is 13.4. The van der Waals surface area contributed by atoms with Crippen molar-refractivity contribution in [2.24, 2.45) is 0 Å². The Kier molecular flexibility index (Phi) is 28.7. The predicted octanol–water partition coefficient (Wildman–Crippen LogP) is 22.5. The first kappa shape index (κ1) is 93.3. The molecule has 4 fully saturated rings. The molecule has 4 aliphatic heterocycles. The van der Waals surface area contributed by atoms with E-state index in [2.05, 4.69) is 117 Å². The van der Waals surface area contributed by atoms with Crippen LogP contribution < -0.4 is 23.5 Å². The first-order valence-corrected chi connectivity index (χ1v) is 47.2.